The molecule has 1 aromatic carbocycles. The van der Waals surface area contributed by atoms with Crippen LogP contribution < -0.4 is 10.4 Å². The van der Waals surface area contributed by atoms with E-state index in [0.29, 0.717) is 0 Å². The van der Waals surface area contributed by atoms with Gasteiger partial charge in [0.25, 0.3) is 0 Å². The van der Waals surface area contributed by atoms with Crippen LogP contribution in [0.15, 0.2) is 24.3 Å². The smallest absolute Gasteiger partial charge is 0.0755 e. The fourth-order valence-electron chi connectivity index (χ4n) is 2.02. The molecule has 0 atom stereocenters. The Morgan fingerprint density at radius 2 is 1.52 bits per heavy atom. The van der Waals surface area contributed by atoms with Crippen molar-refractivity contribution in [3.05, 3.63) is 35.4 Å². The Morgan fingerprint density at radius 1 is 1.00 bits per heavy atom. The zero-order valence-corrected chi connectivity index (χ0v) is 13.9. The van der Waals surface area contributed by atoms with Crippen LogP contribution in [0.1, 0.15) is 68.3 Å². The van der Waals surface area contributed by atoms with Crippen molar-refractivity contribution in [1.82, 2.24) is 0 Å². The second-order valence-corrected chi connectivity index (χ2v) is 5.38. The summed E-state index contributed by atoms with van der Waals surface area (Å²) in [6.07, 6.45) is 8.32. The summed E-state index contributed by atoms with van der Waals surface area (Å²) < 4.78 is 0. The van der Waals surface area contributed by atoms with Gasteiger partial charge in [-0.1, -0.05) is 51.0 Å². The van der Waals surface area contributed by atoms with Crippen LogP contribution in [-0.4, -0.2) is 19.1 Å². The van der Waals surface area contributed by atoms with Crippen LogP contribution in [0, 0.1) is 6.92 Å². The summed E-state index contributed by atoms with van der Waals surface area (Å²) in [5, 5.41) is 12.8. The summed E-state index contributed by atoms with van der Waals surface area (Å²) >= 11 is 0. The van der Waals surface area contributed by atoms with Crippen molar-refractivity contribution in [2.24, 2.45) is 0 Å². The number of rotatable bonds is 9. The molecule has 1 aromatic rings. The topological polar surface area (TPSA) is 56.7 Å². The number of unbranched alkanes of at least 4 members (excludes halogenated alkanes) is 4. The van der Waals surface area contributed by atoms with Gasteiger partial charge in [0.2, 0.25) is 0 Å². The lowest BCUT2D eigenvalue weighted by atomic mass is 10.1. The third-order valence-electron chi connectivity index (χ3n) is 3.39. The van der Waals surface area contributed by atoms with Crippen molar-refractivity contribution in [1.29, 1.82) is 0 Å². The molecule has 0 aliphatic rings. The number of carbonyl (C=O) groups is 1. The third kappa shape index (κ3) is 11.0. The minimum absolute atomic E-state index is 0.266. The molecule has 0 aliphatic heterocycles. The molecule has 0 amide bonds. The monoisotopic (exact) mass is 293 g/mol. The van der Waals surface area contributed by atoms with Gasteiger partial charge in [0, 0.05) is 5.56 Å². The lowest BCUT2D eigenvalue weighted by molar-refractivity contribution is -0.655. The van der Waals surface area contributed by atoms with E-state index in [4.69, 9.17) is 0 Å². The predicted octanol–water partition coefficient (Wildman–Crippen LogP) is 2.29. The molecule has 3 heteroatoms. The number of carboxylic acids is 1. The lowest BCUT2D eigenvalue weighted by Crippen LogP contribution is -2.84. The Bertz CT molecular complexity index is 369. The molecule has 21 heavy (non-hydrogen) atoms. The summed E-state index contributed by atoms with van der Waals surface area (Å²) in [6.45, 7) is 8.95. The standard InChI is InChI=1S/C10H23N.C8H8O2/c1-3-5-7-9-11-10-8-6-4-2;1-6-4-2-3-5-7(6)8(9)10/h11H,3-10H2,1-2H3;2-5H,1H3,(H,9,10). The molecule has 0 radical (unpaired) electrons. The van der Waals surface area contributed by atoms with Crippen LogP contribution in [0.25, 0.3) is 0 Å². The highest BCUT2D eigenvalue weighted by Gasteiger charge is 1.94. The highest BCUT2D eigenvalue weighted by atomic mass is 16.4. The number of aryl methyl sites for hydroxylation is 1. The van der Waals surface area contributed by atoms with Crippen LogP contribution in [0.5, 0.6) is 0 Å². The number of quaternary nitrogens is 1. The molecule has 0 aliphatic carbocycles. The van der Waals surface area contributed by atoms with E-state index in [2.05, 4.69) is 19.2 Å². The van der Waals surface area contributed by atoms with Gasteiger partial charge >= 0.3 is 0 Å². The first-order chi connectivity index (χ1) is 10.1. The maximum Gasteiger partial charge on any atom is 0.0755 e. The van der Waals surface area contributed by atoms with Crippen LogP contribution in [0.3, 0.4) is 0 Å². The van der Waals surface area contributed by atoms with E-state index in [1.54, 1.807) is 25.1 Å². The SMILES string of the molecule is CCCCC[NH2+]CCCCC.Cc1ccccc1C(=O)[O-]. The Balaban J connectivity index is 0.000000382. The summed E-state index contributed by atoms with van der Waals surface area (Å²) in [4.78, 5) is 10.3. The zero-order chi connectivity index (χ0) is 15.9. The molecular formula is C18H31NO2. The van der Waals surface area contributed by atoms with Gasteiger partial charge < -0.3 is 15.2 Å². The summed E-state index contributed by atoms with van der Waals surface area (Å²) in [6, 6.07) is 6.75. The van der Waals surface area contributed by atoms with Crippen LogP contribution in [0.4, 0.5) is 0 Å². The van der Waals surface area contributed by atoms with Gasteiger partial charge in [0.1, 0.15) is 0 Å². The maximum atomic E-state index is 10.3. The van der Waals surface area contributed by atoms with Crippen molar-refractivity contribution in [2.75, 3.05) is 13.1 Å². The van der Waals surface area contributed by atoms with Crippen LogP contribution in [-0.2, 0) is 0 Å². The molecule has 0 bridgehead atoms. The summed E-state index contributed by atoms with van der Waals surface area (Å²) in [7, 11) is 0. The van der Waals surface area contributed by atoms with Crippen molar-refractivity contribution >= 4 is 5.97 Å². The molecule has 0 saturated carbocycles. The van der Waals surface area contributed by atoms with Crippen molar-refractivity contribution < 1.29 is 15.2 Å². The molecule has 0 aromatic heterocycles. The summed E-state index contributed by atoms with van der Waals surface area (Å²) in [5.41, 5.74) is 1.00. The second kappa shape index (κ2) is 13.6. The predicted molar refractivity (Wildman–Crippen MR) is 86.2 cm³/mol. The number of aromatic carboxylic acids is 1. The van der Waals surface area contributed by atoms with Crippen molar-refractivity contribution in [3.63, 3.8) is 0 Å². The molecule has 0 spiro atoms. The molecule has 120 valence electrons. The number of nitrogens with two attached hydrogens (primary N) is 1. The minimum Gasteiger partial charge on any atom is -0.545 e. The molecule has 1 rings (SSSR count). The highest BCUT2D eigenvalue weighted by Crippen LogP contribution is 2.04. The van der Waals surface area contributed by atoms with Gasteiger partial charge in [-0.05, 0) is 38.2 Å². The Morgan fingerprint density at radius 3 is 1.90 bits per heavy atom. The van der Waals surface area contributed by atoms with Crippen molar-refractivity contribution in [3.8, 4) is 0 Å². The molecule has 0 fully saturated rings. The van der Waals surface area contributed by atoms with E-state index >= 15 is 0 Å². The number of carboxylic acid groups (broad SMARTS) is 1. The largest absolute Gasteiger partial charge is 0.545 e. The average molecular weight is 293 g/mol. The summed E-state index contributed by atoms with van der Waals surface area (Å²) in [5.74, 6) is -1.11. The van der Waals surface area contributed by atoms with Crippen LogP contribution >= 0.6 is 0 Å². The lowest BCUT2D eigenvalue weighted by Gasteiger charge is -2.03. The van der Waals surface area contributed by atoms with E-state index < -0.39 is 5.97 Å². The highest BCUT2D eigenvalue weighted by molar-refractivity contribution is 5.87. The number of hydrogen-bond acceptors (Lipinski definition) is 2. The average Bonchev–Trinajstić information content (AvgIpc) is 2.47. The Hall–Kier alpha value is -1.35. The van der Waals surface area contributed by atoms with Gasteiger partial charge in [-0.2, -0.15) is 0 Å². The van der Waals surface area contributed by atoms with E-state index in [9.17, 15) is 9.90 Å². The first kappa shape index (κ1) is 19.7. The fourth-order valence-corrected chi connectivity index (χ4v) is 2.02. The maximum absolute atomic E-state index is 10.3. The quantitative estimate of drug-likeness (QED) is 0.710. The van der Waals surface area contributed by atoms with E-state index in [1.807, 2.05) is 0 Å². The van der Waals surface area contributed by atoms with E-state index in [1.165, 1.54) is 57.7 Å². The second-order valence-electron chi connectivity index (χ2n) is 5.38. The first-order valence-corrected chi connectivity index (χ1v) is 8.22. The number of hydrogen-bond donors (Lipinski definition) is 1. The first-order valence-electron chi connectivity index (χ1n) is 8.22. The molecule has 2 N–H and O–H groups in total. The van der Waals surface area contributed by atoms with Gasteiger partial charge in [0.15, 0.2) is 0 Å². The van der Waals surface area contributed by atoms with Gasteiger partial charge in [-0.3, -0.25) is 0 Å². The van der Waals surface area contributed by atoms with Crippen LogP contribution in [0.2, 0.25) is 0 Å². The van der Waals surface area contributed by atoms with Gasteiger partial charge in [0.05, 0.1) is 19.1 Å². The minimum atomic E-state index is -1.11. The number of carbonyl (C=O) groups excluding carboxylic acids is 1. The molecule has 0 heterocycles. The molecule has 0 unspecified atom stereocenters. The van der Waals surface area contributed by atoms with Gasteiger partial charge in [-0.25, -0.2) is 0 Å². The van der Waals surface area contributed by atoms with E-state index in [-0.39, 0.29) is 5.56 Å². The molecular weight excluding hydrogens is 262 g/mol. The molecule has 0 saturated heterocycles. The van der Waals surface area contributed by atoms with Crippen molar-refractivity contribution in [2.45, 2.75) is 59.3 Å². The van der Waals surface area contributed by atoms with Gasteiger partial charge in [-0.15, -0.1) is 0 Å². The Kier molecular flexibility index (Phi) is 12.7. The third-order valence-corrected chi connectivity index (χ3v) is 3.39. The normalized spacial score (nSPS) is 9.86. The zero-order valence-electron chi connectivity index (χ0n) is 13.9. The van der Waals surface area contributed by atoms with E-state index in [0.717, 1.165) is 5.56 Å². The number of benzene rings is 1. The molecule has 3 nitrogen and oxygen atoms in total. The Labute approximate surface area is 129 Å². The fraction of sp³-hybridized carbons (Fsp3) is 0.611.